The predicted octanol–water partition coefficient (Wildman–Crippen LogP) is 3.74. The molecule has 1 fully saturated rings. The number of pyridine rings is 1. The van der Waals surface area contributed by atoms with Crippen molar-refractivity contribution in [2.75, 3.05) is 32.8 Å². The van der Waals surface area contributed by atoms with E-state index in [-0.39, 0.29) is 6.61 Å². The summed E-state index contributed by atoms with van der Waals surface area (Å²) in [5, 5.41) is 10.8. The molecule has 2 heterocycles. The van der Waals surface area contributed by atoms with Crippen LogP contribution in [0, 0.1) is 0 Å². The number of piperazine rings is 1. The van der Waals surface area contributed by atoms with E-state index in [9.17, 15) is 5.11 Å². The lowest BCUT2D eigenvalue weighted by Gasteiger charge is -2.41. The van der Waals surface area contributed by atoms with Gasteiger partial charge in [-0.05, 0) is 55.1 Å². The van der Waals surface area contributed by atoms with Crippen LogP contribution in [0.5, 0.6) is 0 Å². The number of rotatable bonds is 8. The van der Waals surface area contributed by atoms with Crippen LogP contribution in [0.3, 0.4) is 0 Å². The Labute approximate surface area is 173 Å². The summed E-state index contributed by atoms with van der Waals surface area (Å²) in [6.07, 6.45) is 4.99. The van der Waals surface area contributed by atoms with Crippen LogP contribution in [0.25, 0.3) is 10.9 Å². The van der Waals surface area contributed by atoms with E-state index in [0.717, 1.165) is 51.1 Å². The molecular weight excluding hydrogens is 358 g/mol. The van der Waals surface area contributed by atoms with E-state index in [0.29, 0.717) is 6.04 Å². The lowest BCUT2D eigenvalue weighted by molar-refractivity contribution is 0.0547. The molecule has 152 valence electrons. The molecule has 4 rings (SSSR count). The van der Waals surface area contributed by atoms with Crippen LogP contribution in [0.1, 0.15) is 24.0 Å². The Hall–Kier alpha value is -2.27. The molecular formula is C25H31N3O. The fourth-order valence-corrected chi connectivity index (χ4v) is 4.43. The fourth-order valence-electron chi connectivity index (χ4n) is 4.43. The maximum Gasteiger partial charge on any atom is 0.0702 e. The number of benzene rings is 2. The van der Waals surface area contributed by atoms with E-state index in [1.54, 1.807) is 0 Å². The van der Waals surface area contributed by atoms with Gasteiger partial charge in [0.1, 0.15) is 0 Å². The molecule has 1 unspecified atom stereocenters. The van der Waals surface area contributed by atoms with Gasteiger partial charge in [0.25, 0.3) is 0 Å². The Kier molecular flexibility index (Phi) is 6.88. The summed E-state index contributed by atoms with van der Waals surface area (Å²) >= 11 is 0. The van der Waals surface area contributed by atoms with Gasteiger partial charge in [0.05, 0.1) is 5.52 Å². The van der Waals surface area contributed by atoms with Gasteiger partial charge in [0.15, 0.2) is 0 Å². The molecule has 1 aliphatic heterocycles. The van der Waals surface area contributed by atoms with E-state index in [2.05, 4.69) is 69.4 Å². The molecule has 1 N–H and O–H groups in total. The standard InChI is InChI=1S/C25H31N3O/c29-17-12-24-20-27(19-22-10-11-25-23(18-22)9-4-13-26-25)15-16-28(24)14-5-8-21-6-2-1-3-7-21/h1-4,6-7,9-11,13,18,24,29H,5,8,12,14-17,19-20H2. The molecule has 0 spiro atoms. The minimum atomic E-state index is 0.259. The van der Waals surface area contributed by atoms with Crippen molar-refractivity contribution >= 4 is 10.9 Å². The minimum absolute atomic E-state index is 0.259. The molecule has 0 amide bonds. The molecule has 0 radical (unpaired) electrons. The molecule has 3 aromatic rings. The second kappa shape index (κ2) is 9.97. The van der Waals surface area contributed by atoms with Gasteiger partial charge in [-0.25, -0.2) is 0 Å². The molecule has 1 saturated heterocycles. The van der Waals surface area contributed by atoms with Gasteiger partial charge in [-0.1, -0.05) is 42.5 Å². The van der Waals surface area contributed by atoms with Gasteiger partial charge >= 0.3 is 0 Å². The molecule has 2 aromatic carbocycles. The number of hydrogen-bond acceptors (Lipinski definition) is 4. The maximum atomic E-state index is 9.58. The van der Waals surface area contributed by atoms with E-state index >= 15 is 0 Å². The van der Waals surface area contributed by atoms with Crippen LogP contribution < -0.4 is 0 Å². The summed E-state index contributed by atoms with van der Waals surface area (Å²) in [6.45, 7) is 5.51. The van der Waals surface area contributed by atoms with E-state index in [4.69, 9.17) is 0 Å². The van der Waals surface area contributed by atoms with Crippen molar-refractivity contribution in [3.8, 4) is 0 Å². The number of aliphatic hydroxyl groups is 1. The second-order valence-corrected chi connectivity index (χ2v) is 8.06. The number of aryl methyl sites for hydroxylation is 1. The molecule has 4 nitrogen and oxygen atoms in total. The largest absolute Gasteiger partial charge is 0.396 e. The first-order chi connectivity index (χ1) is 14.3. The van der Waals surface area contributed by atoms with Gasteiger partial charge in [-0.2, -0.15) is 0 Å². The number of nitrogens with zero attached hydrogens (tertiary/aromatic N) is 3. The summed E-state index contributed by atoms with van der Waals surface area (Å²) in [5.41, 5.74) is 3.80. The van der Waals surface area contributed by atoms with Crippen LogP contribution in [0.15, 0.2) is 66.9 Å². The van der Waals surface area contributed by atoms with Gasteiger partial charge in [-0.15, -0.1) is 0 Å². The van der Waals surface area contributed by atoms with Gasteiger partial charge < -0.3 is 5.11 Å². The molecule has 1 aromatic heterocycles. The quantitative estimate of drug-likeness (QED) is 0.637. The van der Waals surface area contributed by atoms with Gasteiger partial charge in [0, 0.05) is 50.4 Å². The van der Waals surface area contributed by atoms with E-state index in [1.165, 1.54) is 22.9 Å². The third-order valence-corrected chi connectivity index (χ3v) is 5.98. The van der Waals surface area contributed by atoms with Crippen LogP contribution in [0.4, 0.5) is 0 Å². The van der Waals surface area contributed by atoms with Crippen LogP contribution in [-0.4, -0.2) is 58.7 Å². The molecule has 1 aliphatic rings. The highest BCUT2D eigenvalue weighted by Crippen LogP contribution is 2.19. The van der Waals surface area contributed by atoms with Crippen LogP contribution >= 0.6 is 0 Å². The third kappa shape index (κ3) is 5.41. The Balaban J connectivity index is 1.33. The van der Waals surface area contributed by atoms with Crippen molar-refractivity contribution in [2.45, 2.75) is 31.8 Å². The average molecular weight is 390 g/mol. The smallest absolute Gasteiger partial charge is 0.0702 e. The second-order valence-electron chi connectivity index (χ2n) is 8.06. The number of aliphatic hydroxyl groups excluding tert-OH is 1. The summed E-state index contributed by atoms with van der Waals surface area (Å²) in [7, 11) is 0. The molecule has 0 aliphatic carbocycles. The first-order valence-corrected chi connectivity index (χ1v) is 10.8. The number of aromatic nitrogens is 1. The van der Waals surface area contributed by atoms with E-state index < -0.39 is 0 Å². The first kappa shape index (κ1) is 20.0. The molecule has 29 heavy (non-hydrogen) atoms. The average Bonchev–Trinajstić information content (AvgIpc) is 2.76. The third-order valence-electron chi connectivity index (χ3n) is 5.98. The van der Waals surface area contributed by atoms with Crippen molar-refractivity contribution in [3.05, 3.63) is 78.0 Å². The van der Waals surface area contributed by atoms with Crippen molar-refractivity contribution < 1.29 is 5.11 Å². The topological polar surface area (TPSA) is 39.6 Å². The van der Waals surface area contributed by atoms with Crippen molar-refractivity contribution in [1.82, 2.24) is 14.8 Å². The van der Waals surface area contributed by atoms with Crippen LogP contribution in [0.2, 0.25) is 0 Å². The Morgan fingerprint density at radius 2 is 1.86 bits per heavy atom. The summed E-state index contributed by atoms with van der Waals surface area (Å²) < 4.78 is 0. The lowest BCUT2D eigenvalue weighted by Crippen LogP contribution is -2.53. The van der Waals surface area contributed by atoms with Gasteiger partial charge in [-0.3, -0.25) is 14.8 Å². The first-order valence-electron chi connectivity index (χ1n) is 10.8. The zero-order chi connectivity index (χ0) is 19.9. The van der Waals surface area contributed by atoms with Crippen molar-refractivity contribution in [1.29, 1.82) is 0 Å². The summed E-state index contributed by atoms with van der Waals surface area (Å²) in [6, 6.07) is 21.9. The Morgan fingerprint density at radius 3 is 2.72 bits per heavy atom. The van der Waals surface area contributed by atoms with Crippen molar-refractivity contribution in [3.63, 3.8) is 0 Å². The predicted molar refractivity (Wildman–Crippen MR) is 119 cm³/mol. The number of hydrogen-bond donors (Lipinski definition) is 1. The SMILES string of the molecule is OCCC1CN(Cc2ccc3ncccc3c2)CCN1CCCc1ccccc1. The van der Waals surface area contributed by atoms with Crippen molar-refractivity contribution in [2.24, 2.45) is 0 Å². The number of fused-ring (bicyclic) bond motifs is 1. The lowest BCUT2D eigenvalue weighted by atomic mass is 10.0. The normalized spacial score (nSPS) is 18.3. The Morgan fingerprint density at radius 1 is 0.966 bits per heavy atom. The highest BCUT2D eigenvalue weighted by atomic mass is 16.3. The molecule has 0 bridgehead atoms. The minimum Gasteiger partial charge on any atom is -0.396 e. The Bertz CT molecular complexity index is 899. The zero-order valence-corrected chi connectivity index (χ0v) is 17.1. The van der Waals surface area contributed by atoms with E-state index in [1.807, 2.05) is 12.3 Å². The molecule has 4 heteroatoms. The maximum absolute atomic E-state index is 9.58. The summed E-state index contributed by atoms with van der Waals surface area (Å²) in [4.78, 5) is 9.53. The molecule has 1 atom stereocenters. The zero-order valence-electron chi connectivity index (χ0n) is 17.1. The van der Waals surface area contributed by atoms with Crippen LogP contribution in [-0.2, 0) is 13.0 Å². The van der Waals surface area contributed by atoms with Gasteiger partial charge in [0.2, 0.25) is 0 Å². The fraction of sp³-hybridized carbons (Fsp3) is 0.400. The highest BCUT2D eigenvalue weighted by Gasteiger charge is 2.26. The molecule has 0 saturated carbocycles. The highest BCUT2D eigenvalue weighted by molar-refractivity contribution is 5.78. The monoisotopic (exact) mass is 389 g/mol. The summed E-state index contributed by atoms with van der Waals surface area (Å²) in [5.74, 6) is 0.